The number of amides is 1. The zero-order chi connectivity index (χ0) is 21.0. The predicted octanol–water partition coefficient (Wildman–Crippen LogP) is 1.70. The van der Waals surface area contributed by atoms with Crippen molar-refractivity contribution in [3.63, 3.8) is 0 Å². The summed E-state index contributed by atoms with van der Waals surface area (Å²) in [6.07, 6.45) is 0. The van der Waals surface area contributed by atoms with Crippen molar-refractivity contribution in [2.75, 3.05) is 5.73 Å². The van der Waals surface area contributed by atoms with E-state index >= 15 is 0 Å². The molecule has 4 N–H and O–H groups in total. The molecule has 3 aromatic rings. The highest BCUT2D eigenvalue weighted by atomic mass is 16.5. The Hall–Kier alpha value is -3.94. The number of nitrogens with two attached hydrogens (primary N) is 2. The minimum atomic E-state index is -0.812. The lowest BCUT2D eigenvalue weighted by molar-refractivity contribution is -0.142. The van der Waals surface area contributed by atoms with Gasteiger partial charge in [-0.25, -0.2) is 4.68 Å². The van der Waals surface area contributed by atoms with Crippen molar-refractivity contribution in [3.8, 4) is 11.3 Å². The third kappa shape index (κ3) is 4.49. The summed E-state index contributed by atoms with van der Waals surface area (Å²) in [5, 5.41) is 4.36. The highest BCUT2D eigenvalue weighted by Crippen LogP contribution is 2.23. The summed E-state index contributed by atoms with van der Waals surface area (Å²) in [5.74, 6) is -1.17. The fourth-order valence-electron chi connectivity index (χ4n) is 2.84. The molecule has 8 nitrogen and oxygen atoms in total. The Labute approximate surface area is 166 Å². The average Bonchev–Trinajstić information content (AvgIpc) is 2.71. The van der Waals surface area contributed by atoms with Crippen LogP contribution in [0.25, 0.3) is 11.3 Å². The Morgan fingerprint density at radius 2 is 1.66 bits per heavy atom. The minimum absolute atomic E-state index is 0.0887. The van der Waals surface area contributed by atoms with Gasteiger partial charge in [0.15, 0.2) is 0 Å². The first-order chi connectivity index (χ1) is 13.9. The summed E-state index contributed by atoms with van der Waals surface area (Å²) in [6, 6.07) is 16.1. The van der Waals surface area contributed by atoms with Crippen molar-refractivity contribution in [1.82, 2.24) is 9.78 Å². The number of nitrogen functional groups attached to an aromatic ring is 1. The average molecular weight is 392 g/mol. The first-order valence-electron chi connectivity index (χ1n) is 8.84. The number of aromatic nitrogens is 2. The van der Waals surface area contributed by atoms with E-state index in [0.29, 0.717) is 5.56 Å². The Morgan fingerprint density at radius 3 is 2.24 bits per heavy atom. The smallest absolute Gasteiger partial charge is 0.302 e. The molecule has 0 bridgehead atoms. The number of nitrogens with zero attached hydrogens (tertiary/aromatic N) is 2. The summed E-state index contributed by atoms with van der Waals surface area (Å²) in [7, 11) is 0. The summed E-state index contributed by atoms with van der Waals surface area (Å²) >= 11 is 0. The van der Waals surface area contributed by atoms with Crippen molar-refractivity contribution in [1.29, 1.82) is 0 Å². The minimum Gasteiger partial charge on any atom is -0.461 e. The lowest BCUT2D eigenvalue weighted by Gasteiger charge is -2.13. The Balaban J connectivity index is 1.98. The van der Waals surface area contributed by atoms with Crippen molar-refractivity contribution < 1.29 is 14.3 Å². The van der Waals surface area contributed by atoms with Crippen LogP contribution in [0.1, 0.15) is 28.4 Å². The summed E-state index contributed by atoms with van der Waals surface area (Å²) in [5.41, 5.74) is 13.0. The molecule has 8 heteroatoms. The van der Waals surface area contributed by atoms with Crippen LogP contribution in [0, 0.1) is 0 Å². The van der Waals surface area contributed by atoms with E-state index in [9.17, 15) is 14.4 Å². The second-order valence-corrected chi connectivity index (χ2v) is 6.43. The van der Waals surface area contributed by atoms with Gasteiger partial charge in [-0.3, -0.25) is 14.4 Å². The van der Waals surface area contributed by atoms with E-state index in [1.807, 2.05) is 6.07 Å². The van der Waals surface area contributed by atoms with Crippen LogP contribution in [-0.2, 0) is 22.7 Å². The molecule has 0 saturated heterocycles. The number of benzene rings is 2. The number of carbonyl (C=O) groups excluding carboxylic acids is 2. The Bertz CT molecular complexity index is 1110. The largest absolute Gasteiger partial charge is 0.461 e. The predicted molar refractivity (Wildman–Crippen MR) is 108 cm³/mol. The van der Waals surface area contributed by atoms with E-state index in [2.05, 4.69) is 5.10 Å². The fraction of sp³-hybridized carbons (Fsp3) is 0.143. The molecular formula is C21H20N4O4. The van der Waals surface area contributed by atoms with Gasteiger partial charge >= 0.3 is 5.97 Å². The van der Waals surface area contributed by atoms with Crippen molar-refractivity contribution in [2.45, 2.75) is 20.1 Å². The van der Waals surface area contributed by atoms with Gasteiger partial charge in [0.05, 0.1) is 12.1 Å². The quantitative estimate of drug-likeness (QED) is 0.614. The van der Waals surface area contributed by atoms with Crippen LogP contribution >= 0.6 is 0 Å². The van der Waals surface area contributed by atoms with Gasteiger partial charge < -0.3 is 16.2 Å². The first kappa shape index (κ1) is 19.8. The molecule has 0 spiro atoms. The van der Waals surface area contributed by atoms with Crippen LogP contribution in [0.2, 0.25) is 0 Å². The molecule has 0 unspecified atom stereocenters. The van der Waals surface area contributed by atoms with Crippen LogP contribution in [0.4, 0.5) is 5.69 Å². The van der Waals surface area contributed by atoms with Gasteiger partial charge in [0.2, 0.25) is 0 Å². The lowest BCUT2D eigenvalue weighted by Crippen LogP contribution is -2.31. The van der Waals surface area contributed by atoms with Gasteiger partial charge in [-0.05, 0) is 11.1 Å². The molecule has 1 heterocycles. The number of primary amides is 1. The van der Waals surface area contributed by atoms with E-state index in [1.54, 1.807) is 48.5 Å². The maximum atomic E-state index is 12.6. The van der Waals surface area contributed by atoms with E-state index in [1.165, 1.54) is 11.6 Å². The number of carbonyl (C=O) groups is 2. The van der Waals surface area contributed by atoms with Crippen LogP contribution in [-0.4, -0.2) is 21.7 Å². The van der Waals surface area contributed by atoms with Crippen molar-refractivity contribution in [2.24, 2.45) is 5.73 Å². The zero-order valence-corrected chi connectivity index (χ0v) is 15.8. The summed E-state index contributed by atoms with van der Waals surface area (Å²) in [6.45, 7) is 1.67. The Kier molecular flexibility index (Phi) is 5.73. The number of anilines is 1. The second kappa shape index (κ2) is 8.39. The molecule has 0 saturated carbocycles. The fourth-order valence-corrected chi connectivity index (χ4v) is 2.84. The molecule has 3 rings (SSSR count). The highest BCUT2D eigenvalue weighted by molar-refractivity contribution is 6.03. The third-order valence-electron chi connectivity index (χ3n) is 4.28. The van der Waals surface area contributed by atoms with E-state index < -0.39 is 11.5 Å². The lowest BCUT2D eigenvalue weighted by atomic mass is 10.0. The topological polar surface area (TPSA) is 130 Å². The molecule has 1 amide bonds. The van der Waals surface area contributed by atoms with Gasteiger partial charge in [-0.15, -0.1) is 0 Å². The SMILES string of the molecule is CC(=O)OCc1ccc(Cn2nc(-c3ccccc3)c(C(N)=O)c(N)c2=O)cc1. The van der Waals surface area contributed by atoms with Gasteiger partial charge in [0.1, 0.15) is 18.0 Å². The molecule has 0 radical (unpaired) electrons. The van der Waals surface area contributed by atoms with Crippen LogP contribution in [0.15, 0.2) is 59.4 Å². The highest BCUT2D eigenvalue weighted by Gasteiger charge is 2.20. The molecule has 0 aliphatic rings. The normalized spacial score (nSPS) is 10.5. The molecule has 1 aromatic heterocycles. The van der Waals surface area contributed by atoms with E-state index in [-0.39, 0.29) is 36.1 Å². The van der Waals surface area contributed by atoms with Gasteiger partial charge in [0.25, 0.3) is 11.5 Å². The molecule has 0 atom stereocenters. The summed E-state index contributed by atoms with van der Waals surface area (Å²) < 4.78 is 6.15. The zero-order valence-electron chi connectivity index (χ0n) is 15.8. The van der Waals surface area contributed by atoms with E-state index in [0.717, 1.165) is 11.1 Å². The van der Waals surface area contributed by atoms with E-state index in [4.69, 9.17) is 16.2 Å². The van der Waals surface area contributed by atoms with Gasteiger partial charge in [-0.1, -0.05) is 54.6 Å². The van der Waals surface area contributed by atoms with Crippen LogP contribution < -0.4 is 17.0 Å². The Morgan fingerprint density at radius 1 is 1.03 bits per heavy atom. The number of hydrogen-bond acceptors (Lipinski definition) is 6. The maximum Gasteiger partial charge on any atom is 0.302 e. The van der Waals surface area contributed by atoms with Gasteiger partial charge in [-0.2, -0.15) is 5.10 Å². The molecule has 0 aliphatic carbocycles. The molecule has 0 aliphatic heterocycles. The third-order valence-corrected chi connectivity index (χ3v) is 4.28. The number of rotatable bonds is 6. The van der Waals surface area contributed by atoms with Crippen LogP contribution in [0.5, 0.6) is 0 Å². The van der Waals surface area contributed by atoms with Crippen molar-refractivity contribution in [3.05, 3.63) is 81.6 Å². The number of hydrogen-bond donors (Lipinski definition) is 2. The van der Waals surface area contributed by atoms with Crippen molar-refractivity contribution >= 4 is 17.6 Å². The number of esters is 1. The molecule has 2 aromatic carbocycles. The monoisotopic (exact) mass is 392 g/mol. The second-order valence-electron chi connectivity index (χ2n) is 6.43. The molecule has 0 fully saturated rings. The van der Waals surface area contributed by atoms with Gasteiger partial charge in [0, 0.05) is 12.5 Å². The molecular weight excluding hydrogens is 372 g/mol. The number of ether oxygens (including phenoxy) is 1. The molecule has 29 heavy (non-hydrogen) atoms. The van der Waals surface area contributed by atoms with Crippen LogP contribution in [0.3, 0.4) is 0 Å². The maximum absolute atomic E-state index is 12.6. The molecule has 148 valence electrons. The standard InChI is InChI=1S/C21H20N4O4/c1-13(26)29-12-15-9-7-14(8-10-15)11-25-21(28)18(22)17(20(23)27)19(24-25)16-5-3-2-4-6-16/h2-10H,11-12,22H2,1H3,(H2,23,27). The summed E-state index contributed by atoms with van der Waals surface area (Å²) in [4.78, 5) is 35.4. The first-order valence-corrected chi connectivity index (χ1v) is 8.84.